The molecule has 32 heavy (non-hydrogen) atoms. The molecule has 5 rings (SSSR count). The number of aromatic nitrogens is 1. The Morgan fingerprint density at radius 1 is 0.938 bits per heavy atom. The summed E-state index contributed by atoms with van der Waals surface area (Å²) in [4.78, 5) is 6.33. The van der Waals surface area contributed by atoms with E-state index in [4.69, 9.17) is 5.41 Å². The fourth-order valence-corrected chi connectivity index (χ4v) is 4.47. The Balaban J connectivity index is 1.34. The van der Waals surface area contributed by atoms with Crippen molar-refractivity contribution in [1.82, 2.24) is 4.98 Å². The van der Waals surface area contributed by atoms with Gasteiger partial charge in [0.15, 0.2) is 0 Å². The molecule has 0 amide bonds. The standard InChI is InChI=1S/C25H19FN4OS/c26-17-8-6-16(7-9-17)21-15-32-25(29-21)23-22(31)14-30(24(23)27)20-12-10-19(11-13-20)28-18-4-2-1-3-5-18/h1-13,15,27-28,31H,14H2. The van der Waals surface area contributed by atoms with Crippen molar-refractivity contribution in [3.63, 3.8) is 0 Å². The number of thiazole rings is 1. The van der Waals surface area contributed by atoms with Crippen LogP contribution in [0.3, 0.4) is 0 Å². The maximum absolute atomic E-state index is 13.2. The Hall–Kier alpha value is -3.97. The maximum Gasteiger partial charge on any atom is 0.139 e. The van der Waals surface area contributed by atoms with E-state index in [2.05, 4.69) is 10.3 Å². The van der Waals surface area contributed by atoms with E-state index in [1.54, 1.807) is 17.0 Å². The predicted octanol–water partition coefficient (Wildman–Crippen LogP) is 6.46. The number of hydrogen-bond acceptors (Lipinski definition) is 5. The number of nitrogens with one attached hydrogen (secondary N) is 2. The number of para-hydroxylation sites is 1. The van der Waals surface area contributed by atoms with E-state index < -0.39 is 0 Å². The van der Waals surface area contributed by atoms with Gasteiger partial charge >= 0.3 is 0 Å². The van der Waals surface area contributed by atoms with Crippen LogP contribution in [0.4, 0.5) is 21.5 Å². The van der Waals surface area contributed by atoms with Crippen molar-refractivity contribution in [2.75, 3.05) is 16.8 Å². The van der Waals surface area contributed by atoms with Crippen LogP contribution in [0.1, 0.15) is 5.01 Å². The molecular weight excluding hydrogens is 423 g/mol. The molecule has 2 heterocycles. The van der Waals surface area contributed by atoms with Crippen molar-refractivity contribution in [2.45, 2.75) is 0 Å². The summed E-state index contributed by atoms with van der Waals surface area (Å²) in [5.41, 5.74) is 4.65. The van der Waals surface area contributed by atoms with E-state index in [1.165, 1.54) is 23.5 Å². The van der Waals surface area contributed by atoms with E-state index in [9.17, 15) is 9.50 Å². The number of nitrogens with zero attached hydrogens (tertiary/aromatic N) is 2. The average Bonchev–Trinajstić information content (AvgIpc) is 3.40. The molecule has 3 aromatic carbocycles. The highest BCUT2D eigenvalue weighted by molar-refractivity contribution is 7.11. The molecule has 0 aliphatic carbocycles. The molecule has 0 saturated carbocycles. The number of aliphatic hydroxyl groups is 1. The Kier molecular flexibility index (Phi) is 5.17. The van der Waals surface area contributed by atoms with Gasteiger partial charge < -0.3 is 15.3 Å². The number of halogens is 1. The Bertz CT molecular complexity index is 1300. The molecule has 0 bridgehead atoms. The van der Waals surface area contributed by atoms with Crippen molar-refractivity contribution in [3.05, 3.63) is 101 Å². The van der Waals surface area contributed by atoms with Crippen LogP contribution in [0.5, 0.6) is 0 Å². The zero-order chi connectivity index (χ0) is 22.1. The molecule has 0 spiro atoms. The van der Waals surface area contributed by atoms with Gasteiger partial charge in [-0.2, -0.15) is 0 Å². The van der Waals surface area contributed by atoms with Crippen molar-refractivity contribution in [2.24, 2.45) is 0 Å². The van der Waals surface area contributed by atoms with Crippen molar-refractivity contribution in [3.8, 4) is 11.3 Å². The second-order valence-corrected chi connectivity index (χ2v) is 8.20. The second-order valence-electron chi connectivity index (χ2n) is 7.34. The molecule has 0 atom stereocenters. The van der Waals surface area contributed by atoms with Crippen molar-refractivity contribution < 1.29 is 9.50 Å². The number of hydrogen-bond donors (Lipinski definition) is 3. The Morgan fingerprint density at radius 3 is 2.34 bits per heavy atom. The lowest BCUT2D eigenvalue weighted by atomic mass is 10.2. The van der Waals surface area contributed by atoms with Gasteiger partial charge in [0.1, 0.15) is 22.4 Å². The minimum atomic E-state index is -0.303. The summed E-state index contributed by atoms with van der Waals surface area (Å²) in [6, 6.07) is 23.7. The van der Waals surface area contributed by atoms with Crippen LogP contribution in [0.2, 0.25) is 0 Å². The molecule has 0 fully saturated rings. The SMILES string of the molecule is N=C1C(c2nc(-c3ccc(F)cc3)cs2)=C(O)CN1c1ccc(Nc2ccccc2)cc1. The third-order valence-electron chi connectivity index (χ3n) is 5.20. The quantitative estimate of drug-likeness (QED) is 0.332. The summed E-state index contributed by atoms with van der Waals surface area (Å²) in [5.74, 6) is 0.00974. The van der Waals surface area contributed by atoms with Crippen LogP contribution in [0, 0.1) is 11.2 Å². The van der Waals surface area contributed by atoms with Gasteiger partial charge in [0.25, 0.3) is 0 Å². The highest BCUT2D eigenvalue weighted by atomic mass is 32.1. The van der Waals surface area contributed by atoms with Crippen molar-refractivity contribution >= 4 is 39.8 Å². The molecule has 5 nitrogen and oxygen atoms in total. The number of rotatable bonds is 5. The van der Waals surface area contributed by atoms with E-state index in [0.29, 0.717) is 16.3 Å². The maximum atomic E-state index is 13.2. The van der Waals surface area contributed by atoms with E-state index >= 15 is 0 Å². The largest absolute Gasteiger partial charge is 0.510 e. The van der Waals surface area contributed by atoms with Crippen LogP contribution in [-0.2, 0) is 0 Å². The molecule has 1 aliphatic heterocycles. The van der Waals surface area contributed by atoms with Crippen LogP contribution < -0.4 is 10.2 Å². The number of amidine groups is 1. The molecule has 158 valence electrons. The normalized spacial score (nSPS) is 13.7. The first kappa shape index (κ1) is 20.0. The Labute approximate surface area is 188 Å². The lowest BCUT2D eigenvalue weighted by Crippen LogP contribution is -2.25. The highest BCUT2D eigenvalue weighted by Gasteiger charge is 2.31. The zero-order valence-electron chi connectivity index (χ0n) is 16.9. The molecule has 0 radical (unpaired) electrons. The molecule has 1 aliphatic rings. The van der Waals surface area contributed by atoms with Crippen LogP contribution in [0.25, 0.3) is 16.8 Å². The van der Waals surface area contributed by atoms with Crippen LogP contribution in [0.15, 0.2) is 90.0 Å². The summed E-state index contributed by atoms with van der Waals surface area (Å²) in [6.45, 7) is 0.213. The molecule has 0 saturated heterocycles. The molecular formula is C25H19FN4OS. The first-order valence-electron chi connectivity index (χ1n) is 10.0. The molecule has 4 aromatic rings. The number of aliphatic hydroxyl groups excluding tert-OH is 1. The van der Waals surface area contributed by atoms with E-state index in [-0.39, 0.29) is 24.0 Å². The number of anilines is 3. The first-order valence-corrected chi connectivity index (χ1v) is 10.9. The lowest BCUT2D eigenvalue weighted by Gasteiger charge is -2.19. The minimum Gasteiger partial charge on any atom is -0.510 e. The number of benzene rings is 3. The highest BCUT2D eigenvalue weighted by Crippen LogP contribution is 2.35. The predicted molar refractivity (Wildman–Crippen MR) is 128 cm³/mol. The first-order chi connectivity index (χ1) is 15.6. The van der Waals surface area contributed by atoms with Gasteiger partial charge in [-0.3, -0.25) is 5.41 Å². The minimum absolute atomic E-state index is 0.112. The summed E-state index contributed by atoms with van der Waals surface area (Å²) in [7, 11) is 0. The zero-order valence-corrected chi connectivity index (χ0v) is 17.7. The molecule has 0 unspecified atom stereocenters. The van der Waals surface area contributed by atoms with Crippen LogP contribution >= 0.6 is 11.3 Å². The third kappa shape index (κ3) is 3.86. The second kappa shape index (κ2) is 8.28. The monoisotopic (exact) mass is 442 g/mol. The van der Waals surface area contributed by atoms with Gasteiger partial charge in [0.05, 0.1) is 17.8 Å². The summed E-state index contributed by atoms with van der Waals surface area (Å²) in [6.07, 6.45) is 0. The topological polar surface area (TPSA) is 72.2 Å². The van der Waals surface area contributed by atoms with E-state index in [1.807, 2.05) is 60.0 Å². The molecule has 3 N–H and O–H groups in total. The summed E-state index contributed by atoms with van der Waals surface area (Å²) >= 11 is 1.35. The van der Waals surface area contributed by atoms with Gasteiger partial charge in [0.2, 0.25) is 0 Å². The van der Waals surface area contributed by atoms with Gasteiger partial charge in [-0.05, 0) is 60.7 Å². The van der Waals surface area contributed by atoms with Gasteiger partial charge in [-0.25, -0.2) is 9.37 Å². The van der Waals surface area contributed by atoms with Crippen molar-refractivity contribution in [1.29, 1.82) is 5.41 Å². The van der Waals surface area contributed by atoms with Gasteiger partial charge in [-0.1, -0.05) is 18.2 Å². The smallest absolute Gasteiger partial charge is 0.139 e. The Morgan fingerprint density at radius 2 is 1.62 bits per heavy atom. The average molecular weight is 443 g/mol. The molecule has 7 heteroatoms. The summed E-state index contributed by atoms with van der Waals surface area (Å²) < 4.78 is 13.2. The van der Waals surface area contributed by atoms with Gasteiger partial charge in [-0.15, -0.1) is 11.3 Å². The summed E-state index contributed by atoms with van der Waals surface area (Å²) in [5, 5.41) is 25.0. The van der Waals surface area contributed by atoms with Crippen LogP contribution in [-0.4, -0.2) is 22.5 Å². The fourth-order valence-electron chi connectivity index (χ4n) is 3.58. The third-order valence-corrected chi connectivity index (χ3v) is 6.06. The van der Waals surface area contributed by atoms with Gasteiger partial charge in [0, 0.05) is 28.0 Å². The fraction of sp³-hybridized carbons (Fsp3) is 0.0400. The van der Waals surface area contributed by atoms with E-state index in [0.717, 1.165) is 22.6 Å². The molecule has 1 aromatic heterocycles. The lowest BCUT2D eigenvalue weighted by molar-refractivity contribution is 0.411.